The van der Waals surface area contributed by atoms with Crippen LogP contribution in [0.15, 0.2) is 6.07 Å². The molecule has 0 spiro atoms. The monoisotopic (exact) mass is 330 g/mol. The van der Waals surface area contributed by atoms with Crippen molar-refractivity contribution in [3.63, 3.8) is 0 Å². The minimum atomic E-state index is -3.09. The van der Waals surface area contributed by atoms with E-state index in [1.165, 1.54) is 17.6 Å². The lowest BCUT2D eigenvalue weighted by molar-refractivity contribution is 0.0628. The van der Waals surface area contributed by atoms with Crippen LogP contribution in [0.3, 0.4) is 0 Å². The van der Waals surface area contributed by atoms with Gasteiger partial charge >= 0.3 is 0 Å². The van der Waals surface area contributed by atoms with Crippen LogP contribution in [0.2, 0.25) is 0 Å². The molecule has 1 atom stereocenters. The Kier molecular flexibility index (Phi) is 5.06. The third-order valence-corrected chi connectivity index (χ3v) is 5.73. The predicted molar refractivity (Wildman–Crippen MR) is 85.3 cm³/mol. The second kappa shape index (κ2) is 6.46. The van der Waals surface area contributed by atoms with Gasteiger partial charge in [-0.15, -0.1) is 11.3 Å². The Balaban J connectivity index is 2.21. The molecular weight excluding hydrogens is 308 g/mol. The smallest absolute Gasteiger partial charge is 0.264 e. The number of amides is 1. The zero-order chi connectivity index (χ0) is 15.6. The maximum Gasteiger partial charge on any atom is 0.264 e. The molecule has 2 heterocycles. The van der Waals surface area contributed by atoms with Gasteiger partial charge in [-0.05, 0) is 37.8 Å². The summed E-state index contributed by atoms with van der Waals surface area (Å²) in [5, 5.41) is 0. The first-order chi connectivity index (χ1) is 9.81. The van der Waals surface area contributed by atoms with Crippen LogP contribution in [-0.2, 0) is 15.6 Å². The second-order valence-electron chi connectivity index (χ2n) is 5.65. The Morgan fingerprint density at radius 2 is 2.19 bits per heavy atom. The topological polar surface area (TPSA) is 80.5 Å². The van der Waals surface area contributed by atoms with Gasteiger partial charge in [-0.25, -0.2) is 8.42 Å². The zero-order valence-electron chi connectivity index (χ0n) is 12.5. The van der Waals surface area contributed by atoms with Crippen molar-refractivity contribution in [2.75, 3.05) is 19.3 Å². The molecule has 5 nitrogen and oxygen atoms in total. The Hall–Kier alpha value is -0.920. The molecule has 1 aromatic heterocycles. The fraction of sp³-hybridized carbons (Fsp3) is 0.643. The fourth-order valence-electron chi connectivity index (χ4n) is 2.71. The quantitative estimate of drug-likeness (QED) is 0.908. The first kappa shape index (κ1) is 16.5. The molecule has 2 rings (SSSR count). The molecule has 1 amide bonds. The Morgan fingerprint density at radius 1 is 1.48 bits per heavy atom. The van der Waals surface area contributed by atoms with E-state index in [1.807, 2.05) is 11.8 Å². The van der Waals surface area contributed by atoms with Crippen molar-refractivity contribution >= 4 is 27.1 Å². The Bertz CT molecular complexity index is 622. The number of aryl methyl sites for hydroxylation is 1. The normalized spacial score (nSPS) is 19.8. The molecule has 1 aliphatic heterocycles. The van der Waals surface area contributed by atoms with E-state index in [1.54, 1.807) is 6.07 Å². The van der Waals surface area contributed by atoms with Crippen LogP contribution in [-0.4, -0.2) is 44.6 Å². The number of hydrogen-bond donors (Lipinski definition) is 1. The van der Waals surface area contributed by atoms with Crippen molar-refractivity contribution in [3.8, 4) is 0 Å². The predicted octanol–water partition coefficient (Wildman–Crippen LogP) is 1.55. The fourth-order valence-corrected chi connectivity index (χ4v) is 4.66. The largest absolute Gasteiger partial charge is 0.334 e. The number of carbonyl (C=O) groups is 1. The third kappa shape index (κ3) is 4.05. The molecule has 21 heavy (non-hydrogen) atoms. The summed E-state index contributed by atoms with van der Waals surface area (Å²) in [6.45, 7) is 3.07. The highest BCUT2D eigenvalue weighted by molar-refractivity contribution is 7.89. The first-order valence-electron chi connectivity index (χ1n) is 7.10. The van der Waals surface area contributed by atoms with E-state index in [4.69, 9.17) is 5.73 Å². The van der Waals surface area contributed by atoms with Crippen molar-refractivity contribution in [2.45, 2.75) is 38.0 Å². The molecule has 118 valence electrons. The van der Waals surface area contributed by atoms with E-state index in [0.717, 1.165) is 36.2 Å². The molecule has 1 saturated heterocycles. The molecule has 1 aliphatic rings. The van der Waals surface area contributed by atoms with Crippen molar-refractivity contribution in [2.24, 2.45) is 5.73 Å². The summed E-state index contributed by atoms with van der Waals surface area (Å²) in [6, 6.07) is 1.83. The van der Waals surface area contributed by atoms with Gasteiger partial charge in [0.2, 0.25) is 0 Å². The van der Waals surface area contributed by atoms with Crippen LogP contribution in [0.25, 0.3) is 0 Å². The molecule has 1 aromatic rings. The van der Waals surface area contributed by atoms with Gasteiger partial charge < -0.3 is 10.6 Å². The minimum absolute atomic E-state index is 0.0110. The van der Waals surface area contributed by atoms with E-state index in [0.29, 0.717) is 11.4 Å². The molecule has 0 saturated carbocycles. The van der Waals surface area contributed by atoms with Gasteiger partial charge in [0.15, 0.2) is 9.84 Å². The highest BCUT2D eigenvalue weighted by Crippen LogP contribution is 2.27. The molecular formula is C14H22N2O3S2. The molecule has 1 fully saturated rings. The van der Waals surface area contributed by atoms with Crippen LogP contribution in [0, 0.1) is 6.92 Å². The van der Waals surface area contributed by atoms with Crippen LogP contribution in [0.4, 0.5) is 0 Å². The summed E-state index contributed by atoms with van der Waals surface area (Å²) >= 11 is 1.37. The highest BCUT2D eigenvalue weighted by atomic mass is 32.2. The van der Waals surface area contributed by atoms with Crippen molar-refractivity contribution in [3.05, 3.63) is 21.4 Å². The second-order valence-corrected chi connectivity index (χ2v) is 9.04. The summed E-state index contributed by atoms with van der Waals surface area (Å²) in [4.78, 5) is 16.0. The summed E-state index contributed by atoms with van der Waals surface area (Å²) in [7, 11) is -3.09. The molecule has 0 aromatic carbocycles. The molecule has 2 N–H and O–H groups in total. The van der Waals surface area contributed by atoms with Crippen molar-refractivity contribution < 1.29 is 13.2 Å². The Morgan fingerprint density at radius 3 is 2.81 bits per heavy atom. The van der Waals surface area contributed by atoms with Gasteiger partial charge in [-0.2, -0.15) is 0 Å². The van der Waals surface area contributed by atoms with Gasteiger partial charge in [0.25, 0.3) is 5.91 Å². The maximum absolute atomic E-state index is 12.6. The average Bonchev–Trinajstić information content (AvgIpc) is 2.77. The van der Waals surface area contributed by atoms with E-state index < -0.39 is 9.84 Å². The SMILES string of the molecule is Cc1sc(C(=O)N2CCCC[C@H]2CN)cc1CS(C)(=O)=O. The lowest BCUT2D eigenvalue weighted by Crippen LogP contribution is -2.47. The maximum atomic E-state index is 12.6. The summed E-state index contributed by atoms with van der Waals surface area (Å²) in [5.74, 6) is -0.0267. The van der Waals surface area contributed by atoms with Crippen molar-refractivity contribution in [1.82, 2.24) is 4.90 Å². The van der Waals surface area contributed by atoms with Gasteiger partial charge in [0.1, 0.15) is 0 Å². The van der Waals surface area contributed by atoms with Crippen molar-refractivity contribution in [1.29, 1.82) is 0 Å². The molecule has 0 bridgehead atoms. The third-order valence-electron chi connectivity index (χ3n) is 3.81. The summed E-state index contributed by atoms with van der Waals surface area (Å²) in [6.07, 6.45) is 4.26. The lowest BCUT2D eigenvalue weighted by Gasteiger charge is -2.34. The van der Waals surface area contributed by atoms with Gasteiger partial charge in [-0.1, -0.05) is 0 Å². The number of rotatable bonds is 4. The average molecular weight is 330 g/mol. The van der Waals surface area contributed by atoms with Crippen LogP contribution < -0.4 is 5.73 Å². The summed E-state index contributed by atoms with van der Waals surface area (Å²) in [5.41, 5.74) is 6.49. The number of nitrogens with two attached hydrogens (primary N) is 1. The standard InChI is InChI=1S/C14H22N2O3S2/c1-10-11(9-21(2,18)19)7-13(20-10)14(17)16-6-4-3-5-12(16)8-15/h7,12H,3-6,8-9,15H2,1-2H3/t12-/m0/s1. The number of likely N-dealkylation sites (tertiary alicyclic amines) is 1. The number of piperidine rings is 1. The number of sulfone groups is 1. The van der Waals surface area contributed by atoms with Gasteiger partial charge in [0, 0.05) is 30.3 Å². The van der Waals surface area contributed by atoms with Gasteiger partial charge in [-0.3, -0.25) is 4.79 Å². The first-order valence-corrected chi connectivity index (χ1v) is 9.97. The van der Waals surface area contributed by atoms with E-state index in [9.17, 15) is 13.2 Å². The molecule has 0 radical (unpaired) electrons. The lowest BCUT2D eigenvalue weighted by atomic mass is 10.0. The summed E-state index contributed by atoms with van der Waals surface area (Å²) < 4.78 is 22.8. The number of hydrogen-bond acceptors (Lipinski definition) is 5. The highest BCUT2D eigenvalue weighted by Gasteiger charge is 2.28. The Labute approximate surface area is 130 Å². The number of nitrogens with zero attached hydrogens (tertiary/aromatic N) is 1. The number of carbonyl (C=O) groups excluding carboxylic acids is 1. The number of thiophene rings is 1. The molecule has 0 unspecified atom stereocenters. The van der Waals surface area contributed by atoms with E-state index >= 15 is 0 Å². The van der Waals surface area contributed by atoms with E-state index in [2.05, 4.69) is 0 Å². The molecule has 7 heteroatoms. The van der Waals surface area contributed by atoms with Crippen LogP contribution in [0.1, 0.15) is 39.4 Å². The van der Waals surface area contributed by atoms with Gasteiger partial charge in [0.05, 0.1) is 10.6 Å². The van der Waals surface area contributed by atoms with Crippen LogP contribution >= 0.6 is 11.3 Å². The minimum Gasteiger partial charge on any atom is -0.334 e. The van der Waals surface area contributed by atoms with Crippen LogP contribution in [0.5, 0.6) is 0 Å². The van der Waals surface area contributed by atoms with E-state index in [-0.39, 0.29) is 17.7 Å². The zero-order valence-corrected chi connectivity index (χ0v) is 14.1. The molecule has 0 aliphatic carbocycles.